The quantitative estimate of drug-likeness (QED) is 0.594. The molecule has 3 heterocycles. The molecule has 3 fully saturated rings. The molecule has 4 nitrogen and oxygen atoms in total. The molecule has 5 atom stereocenters. The van der Waals surface area contributed by atoms with Crippen LogP contribution in [0.4, 0.5) is 4.39 Å². The van der Waals surface area contributed by atoms with E-state index in [-0.39, 0.29) is 11.3 Å². The average molecular weight is 512 g/mol. The molecule has 4 aliphatic rings. The van der Waals surface area contributed by atoms with Crippen molar-refractivity contribution >= 4 is 17.5 Å². The Morgan fingerprint density at radius 1 is 1.06 bits per heavy atom. The number of halogens is 2. The van der Waals surface area contributed by atoms with Gasteiger partial charge >= 0.3 is 0 Å². The number of hydrogen-bond donors (Lipinski definition) is 1. The second kappa shape index (κ2) is 10.1. The minimum atomic E-state index is -1.04. The van der Waals surface area contributed by atoms with Crippen LogP contribution >= 0.6 is 11.6 Å². The van der Waals surface area contributed by atoms with Crippen LogP contribution < -0.4 is 10.3 Å². The van der Waals surface area contributed by atoms with E-state index in [1.54, 1.807) is 0 Å². The first-order valence-corrected chi connectivity index (χ1v) is 14.5. The Kier molecular flexibility index (Phi) is 6.81. The topological polar surface area (TPSA) is 51.1 Å². The number of likely N-dealkylation sites (tertiary alicyclic amines) is 1. The number of amides is 1. The molecule has 2 aliphatic heterocycles. The van der Waals surface area contributed by atoms with Crippen molar-refractivity contribution in [3.8, 4) is 0 Å². The van der Waals surface area contributed by atoms with E-state index in [0.717, 1.165) is 44.5 Å². The number of aromatic nitrogens is 1. The van der Waals surface area contributed by atoms with Crippen molar-refractivity contribution in [3.63, 3.8) is 0 Å². The Labute approximate surface area is 219 Å². The first kappa shape index (κ1) is 24.4. The summed E-state index contributed by atoms with van der Waals surface area (Å²) in [6, 6.07) is 15.0. The molecule has 36 heavy (non-hydrogen) atoms. The summed E-state index contributed by atoms with van der Waals surface area (Å²) in [6.45, 7) is 2.46. The van der Waals surface area contributed by atoms with Gasteiger partial charge in [0.25, 0.3) is 5.15 Å². The lowest BCUT2D eigenvalue weighted by molar-refractivity contribution is -0.640. The molecule has 0 unspecified atom stereocenters. The molecule has 3 N–H and O–H groups in total. The number of quaternary nitrogens is 1. The molecule has 0 bridgehead atoms. The Morgan fingerprint density at radius 3 is 2.67 bits per heavy atom. The lowest BCUT2D eigenvalue weighted by Gasteiger charge is -2.47. The van der Waals surface area contributed by atoms with E-state index in [9.17, 15) is 9.18 Å². The maximum atomic E-state index is 15.0. The zero-order chi connectivity index (χ0) is 24.7. The van der Waals surface area contributed by atoms with Gasteiger partial charge in [0, 0.05) is 24.2 Å². The molecule has 6 rings (SSSR count). The van der Waals surface area contributed by atoms with Crippen molar-refractivity contribution in [2.24, 2.45) is 11.8 Å². The molecule has 2 aromatic rings. The number of carbonyl (C=O) groups is 1. The van der Waals surface area contributed by atoms with E-state index in [2.05, 4.69) is 45.5 Å². The van der Waals surface area contributed by atoms with E-state index < -0.39 is 6.17 Å². The summed E-state index contributed by atoms with van der Waals surface area (Å²) in [5, 5.41) is 2.74. The third kappa shape index (κ3) is 4.26. The lowest BCUT2D eigenvalue weighted by Crippen LogP contribution is -2.82. The molecule has 1 saturated carbocycles. The second-order valence-corrected chi connectivity index (χ2v) is 12.1. The predicted molar refractivity (Wildman–Crippen MR) is 138 cm³/mol. The number of pyridine rings is 1. The van der Waals surface area contributed by atoms with E-state index in [4.69, 9.17) is 11.6 Å². The number of H-pyrrole nitrogens is 1. The Balaban J connectivity index is 1.31. The third-order valence-electron chi connectivity index (χ3n) is 9.90. The van der Waals surface area contributed by atoms with Crippen LogP contribution in [-0.4, -0.2) is 36.5 Å². The number of carbonyl (C=O) groups excluding carboxylic acids is 1. The number of benzene rings is 1. The molecule has 0 radical (unpaired) electrons. The fraction of sp³-hybridized carbons (Fsp3) is 0.600. The van der Waals surface area contributed by atoms with Gasteiger partial charge in [0.2, 0.25) is 11.6 Å². The molecule has 1 aromatic heterocycles. The minimum Gasteiger partial charge on any atom is -0.345 e. The highest BCUT2D eigenvalue weighted by atomic mass is 35.5. The fourth-order valence-corrected chi connectivity index (χ4v) is 8.24. The molecule has 6 heteroatoms. The number of piperidine rings is 1. The number of fused-ring (bicyclic) bond motifs is 2. The summed E-state index contributed by atoms with van der Waals surface area (Å²) in [7, 11) is 0. The molecule has 1 aromatic carbocycles. The van der Waals surface area contributed by atoms with Gasteiger partial charge < -0.3 is 10.2 Å². The van der Waals surface area contributed by atoms with Gasteiger partial charge in [-0.15, -0.1) is 0 Å². The summed E-state index contributed by atoms with van der Waals surface area (Å²) < 4.78 is 15.0. The van der Waals surface area contributed by atoms with Crippen LogP contribution in [0.25, 0.3) is 0 Å². The van der Waals surface area contributed by atoms with E-state index in [1.807, 2.05) is 12.1 Å². The van der Waals surface area contributed by atoms with Crippen molar-refractivity contribution in [2.45, 2.75) is 81.3 Å². The monoisotopic (exact) mass is 511 g/mol. The highest BCUT2D eigenvalue weighted by molar-refractivity contribution is 6.28. The molecule has 2 aliphatic carbocycles. The molecule has 1 amide bonds. The van der Waals surface area contributed by atoms with Crippen LogP contribution in [0.15, 0.2) is 42.5 Å². The van der Waals surface area contributed by atoms with Crippen molar-refractivity contribution in [1.29, 1.82) is 0 Å². The molecule has 2 saturated heterocycles. The maximum absolute atomic E-state index is 15.0. The average Bonchev–Trinajstić information content (AvgIpc) is 3.35. The van der Waals surface area contributed by atoms with Gasteiger partial charge in [-0.1, -0.05) is 49.6 Å². The van der Waals surface area contributed by atoms with Crippen LogP contribution in [0.5, 0.6) is 0 Å². The van der Waals surface area contributed by atoms with Gasteiger partial charge in [0.1, 0.15) is 5.92 Å². The number of nitrogens with one attached hydrogen (secondary N) is 1. The van der Waals surface area contributed by atoms with Gasteiger partial charge in [0.15, 0.2) is 6.17 Å². The normalized spacial score (nSPS) is 33.0. The van der Waals surface area contributed by atoms with E-state index in [1.165, 1.54) is 37.7 Å². The minimum absolute atomic E-state index is 0.113. The van der Waals surface area contributed by atoms with Crippen molar-refractivity contribution in [3.05, 3.63) is 64.4 Å². The zero-order valence-electron chi connectivity index (χ0n) is 21.1. The number of nitrogens with two attached hydrogens (primary N) is 1. The van der Waals surface area contributed by atoms with Crippen LogP contribution in [0.2, 0.25) is 5.15 Å². The largest absolute Gasteiger partial charge is 0.345 e. The number of nitrogens with zero attached hydrogens (tertiary/aromatic N) is 1. The lowest BCUT2D eigenvalue weighted by atomic mass is 9.64. The summed E-state index contributed by atoms with van der Waals surface area (Å²) in [6.07, 6.45) is 8.56. The predicted octanol–water partition coefficient (Wildman–Crippen LogP) is 4.74. The van der Waals surface area contributed by atoms with Gasteiger partial charge in [0.05, 0.1) is 18.5 Å². The highest BCUT2D eigenvalue weighted by Crippen LogP contribution is 2.48. The van der Waals surface area contributed by atoms with E-state index in [0.29, 0.717) is 41.1 Å². The van der Waals surface area contributed by atoms with E-state index >= 15 is 0 Å². The molecular weight excluding hydrogens is 473 g/mol. The maximum Gasteiger partial charge on any atom is 0.273 e. The smallest absolute Gasteiger partial charge is 0.273 e. The summed E-state index contributed by atoms with van der Waals surface area (Å²) in [4.78, 5) is 19.9. The standard InChI is InChI=1S/C30H37ClFN3O/c31-27-12-11-23-28(34-27)25(32)13-15-30(23)19-33-18-24(30)29(36)35-16-14-22(20-7-3-1-4-8-20)17-26(35)21-9-5-2-6-10-21/h1,3-4,7-8,11-12,21-22,24-26,33H,2,5-6,9-10,13-19H2/p+2/t22-,24+,25-,26+,30+/m1/s1. The summed E-state index contributed by atoms with van der Waals surface area (Å²) in [5.41, 5.74) is 2.67. The van der Waals surface area contributed by atoms with Crippen LogP contribution in [-0.2, 0) is 10.2 Å². The van der Waals surface area contributed by atoms with Crippen molar-refractivity contribution in [1.82, 2.24) is 4.90 Å². The Bertz CT molecular complexity index is 1090. The molecule has 192 valence electrons. The van der Waals surface area contributed by atoms with Crippen LogP contribution in [0, 0.1) is 11.8 Å². The Hall–Kier alpha value is -1.98. The van der Waals surface area contributed by atoms with Gasteiger partial charge in [-0.05, 0) is 73.6 Å². The fourth-order valence-electron chi connectivity index (χ4n) is 8.08. The molecular formula is C30H39ClFN3O+2. The molecule has 1 spiro atoms. The van der Waals surface area contributed by atoms with Gasteiger partial charge in [-0.2, -0.15) is 4.98 Å². The summed E-state index contributed by atoms with van der Waals surface area (Å²) >= 11 is 6.22. The first-order valence-electron chi connectivity index (χ1n) is 14.1. The number of hydrogen-bond acceptors (Lipinski definition) is 1. The SMILES string of the molecule is O=C([C@@H]1C[NH2+]C[C@]12CC[C@@H](F)c1[nH+]c(Cl)ccc12)N1CC[C@@H](c2ccccc2)C[C@H]1C1CCCCC1. The first-order chi connectivity index (χ1) is 17.6. The van der Waals surface area contributed by atoms with Crippen LogP contribution in [0.3, 0.4) is 0 Å². The number of aromatic amines is 1. The van der Waals surface area contributed by atoms with Crippen molar-refractivity contribution in [2.75, 3.05) is 19.6 Å². The third-order valence-corrected chi connectivity index (χ3v) is 10.1. The summed E-state index contributed by atoms with van der Waals surface area (Å²) in [5.74, 6) is 1.31. The number of rotatable bonds is 3. The highest BCUT2D eigenvalue weighted by Gasteiger charge is 2.58. The number of alkyl halides is 1. The van der Waals surface area contributed by atoms with Gasteiger partial charge in [-0.3, -0.25) is 4.79 Å². The zero-order valence-corrected chi connectivity index (χ0v) is 21.9. The van der Waals surface area contributed by atoms with Crippen molar-refractivity contribution < 1.29 is 19.5 Å². The second-order valence-electron chi connectivity index (χ2n) is 11.7. The Morgan fingerprint density at radius 2 is 1.86 bits per heavy atom. The van der Waals surface area contributed by atoms with Crippen LogP contribution in [0.1, 0.15) is 86.7 Å². The van der Waals surface area contributed by atoms with Gasteiger partial charge in [-0.25, -0.2) is 4.39 Å².